The molecule has 0 radical (unpaired) electrons. The first-order valence-corrected chi connectivity index (χ1v) is 7.07. The molecule has 1 fully saturated rings. The highest BCUT2D eigenvalue weighted by Crippen LogP contribution is 2.24. The number of furan rings is 1. The van der Waals surface area contributed by atoms with E-state index in [1.54, 1.807) is 6.07 Å². The van der Waals surface area contributed by atoms with Crippen molar-refractivity contribution in [2.75, 3.05) is 6.54 Å². The van der Waals surface area contributed by atoms with Gasteiger partial charge in [0.1, 0.15) is 0 Å². The molecule has 0 saturated heterocycles. The van der Waals surface area contributed by atoms with Gasteiger partial charge in [-0.15, -0.1) is 0 Å². The van der Waals surface area contributed by atoms with E-state index in [2.05, 4.69) is 21.2 Å². The Balaban J connectivity index is 1.86. The Morgan fingerprint density at radius 1 is 1.61 bits per heavy atom. The van der Waals surface area contributed by atoms with Gasteiger partial charge in [0.2, 0.25) is 0 Å². The Kier molecular flexibility index (Phi) is 4.45. The molecule has 100 valence electrons. The molecule has 1 aliphatic carbocycles. The molecule has 1 amide bonds. The Bertz CT molecular complexity index is 430. The molecule has 4 nitrogen and oxygen atoms in total. The summed E-state index contributed by atoms with van der Waals surface area (Å²) in [6.45, 7) is 2.45. The maximum absolute atomic E-state index is 11.9. The summed E-state index contributed by atoms with van der Waals surface area (Å²) in [5.74, 6) is 0.549. The molecule has 0 aromatic carbocycles. The molecule has 5 heteroatoms. The van der Waals surface area contributed by atoms with Crippen LogP contribution in [-0.4, -0.2) is 23.7 Å². The second-order valence-electron chi connectivity index (χ2n) is 4.96. The van der Waals surface area contributed by atoms with Crippen LogP contribution >= 0.6 is 15.9 Å². The first-order chi connectivity index (χ1) is 8.56. The number of amides is 1. The van der Waals surface area contributed by atoms with Crippen LogP contribution in [-0.2, 0) is 0 Å². The lowest BCUT2D eigenvalue weighted by molar-refractivity contribution is 0.0852. The predicted molar refractivity (Wildman–Crippen MR) is 71.4 cm³/mol. The number of halogens is 1. The monoisotopic (exact) mass is 315 g/mol. The maximum Gasteiger partial charge on any atom is 0.287 e. The molecule has 2 atom stereocenters. The van der Waals surface area contributed by atoms with Crippen LogP contribution in [0.15, 0.2) is 15.2 Å². The molecular weight excluding hydrogens is 298 g/mol. The molecule has 2 N–H and O–H groups in total. The van der Waals surface area contributed by atoms with E-state index in [1.165, 1.54) is 0 Å². The largest absolute Gasteiger partial charge is 0.444 e. The summed E-state index contributed by atoms with van der Waals surface area (Å²) in [6, 6.07) is 1.78. The van der Waals surface area contributed by atoms with Gasteiger partial charge >= 0.3 is 0 Å². The summed E-state index contributed by atoms with van der Waals surface area (Å²) >= 11 is 3.21. The van der Waals surface area contributed by atoms with Crippen molar-refractivity contribution in [3.05, 3.63) is 22.1 Å². The topological polar surface area (TPSA) is 62.5 Å². The molecule has 1 saturated carbocycles. The van der Waals surface area contributed by atoms with E-state index in [9.17, 15) is 9.90 Å². The van der Waals surface area contributed by atoms with Crippen molar-refractivity contribution >= 4 is 21.8 Å². The quantitative estimate of drug-likeness (QED) is 0.901. The average molecular weight is 316 g/mol. The number of carbonyl (C=O) groups excluding carboxylic acids is 1. The van der Waals surface area contributed by atoms with Crippen molar-refractivity contribution in [3.63, 3.8) is 0 Å². The van der Waals surface area contributed by atoms with Gasteiger partial charge in [-0.05, 0) is 54.1 Å². The Morgan fingerprint density at radius 3 is 3.00 bits per heavy atom. The first kappa shape index (κ1) is 13.6. The molecule has 1 heterocycles. The number of hydrogen-bond acceptors (Lipinski definition) is 3. The van der Waals surface area contributed by atoms with E-state index in [0.29, 0.717) is 22.9 Å². The minimum absolute atomic E-state index is 0.182. The lowest BCUT2D eigenvalue weighted by Crippen LogP contribution is -2.33. The minimum Gasteiger partial charge on any atom is -0.444 e. The molecule has 2 rings (SSSR count). The van der Waals surface area contributed by atoms with Gasteiger partial charge in [-0.1, -0.05) is 6.42 Å². The number of hydrogen-bond donors (Lipinski definition) is 2. The van der Waals surface area contributed by atoms with Gasteiger partial charge in [0.15, 0.2) is 10.4 Å². The van der Waals surface area contributed by atoms with Crippen LogP contribution in [0.2, 0.25) is 0 Å². The van der Waals surface area contributed by atoms with Gasteiger partial charge in [-0.25, -0.2) is 0 Å². The third-order valence-corrected chi connectivity index (χ3v) is 3.79. The van der Waals surface area contributed by atoms with Crippen molar-refractivity contribution < 1.29 is 14.3 Å². The normalized spacial score (nSPS) is 23.9. The highest BCUT2D eigenvalue weighted by molar-refractivity contribution is 9.10. The van der Waals surface area contributed by atoms with Gasteiger partial charge in [0.05, 0.1) is 6.10 Å². The lowest BCUT2D eigenvalue weighted by Gasteiger charge is -2.25. The summed E-state index contributed by atoms with van der Waals surface area (Å²) in [5, 5.41) is 12.5. The van der Waals surface area contributed by atoms with Gasteiger partial charge in [0.25, 0.3) is 5.91 Å². The Labute approximate surface area is 115 Å². The van der Waals surface area contributed by atoms with Crippen molar-refractivity contribution in [1.82, 2.24) is 5.32 Å². The fourth-order valence-electron chi connectivity index (χ4n) is 2.43. The fourth-order valence-corrected chi connectivity index (χ4v) is 2.94. The lowest BCUT2D eigenvalue weighted by atomic mass is 9.87. The Morgan fingerprint density at radius 2 is 2.39 bits per heavy atom. The highest BCUT2D eigenvalue weighted by atomic mass is 79.9. The summed E-state index contributed by atoms with van der Waals surface area (Å²) in [7, 11) is 0. The van der Waals surface area contributed by atoms with Crippen LogP contribution in [0, 0.1) is 12.8 Å². The maximum atomic E-state index is 11.9. The number of aliphatic hydroxyl groups excluding tert-OH is 1. The van der Waals surface area contributed by atoms with E-state index < -0.39 is 0 Å². The van der Waals surface area contributed by atoms with E-state index in [-0.39, 0.29) is 12.0 Å². The zero-order valence-corrected chi connectivity index (χ0v) is 12.0. The molecule has 0 aliphatic heterocycles. The van der Waals surface area contributed by atoms with Crippen molar-refractivity contribution in [2.45, 2.75) is 38.7 Å². The van der Waals surface area contributed by atoms with E-state index in [1.807, 2.05) is 6.92 Å². The molecule has 18 heavy (non-hydrogen) atoms. The number of rotatable bonds is 3. The van der Waals surface area contributed by atoms with E-state index in [4.69, 9.17) is 4.42 Å². The summed E-state index contributed by atoms with van der Waals surface area (Å²) in [5.41, 5.74) is 0.822. The van der Waals surface area contributed by atoms with Gasteiger partial charge in [0, 0.05) is 12.1 Å². The zero-order valence-electron chi connectivity index (χ0n) is 10.4. The molecule has 2 unspecified atom stereocenters. The predicted octanol–water partition coefficient (Wildman–Crippen LogP) is 2.63. The van der Waals surface area contributed by atoms with Crippen LogP contribution in [0.25, 0.3) is 0 Å². The van der Waals surface area contributed by atoms with Crippen molar-refractivity contribution in [3.8, 4) is 0 Å². The van der Waals surface area contributed by atoms with E-state index >= 15 is 0 Å². The van der Waals surface area contributed by atoms with Crippen LogP contribution in [0.5, 0.6) is 0 Å². The van der Waals surface area contributed by atoms with Crippen LogP contribution in [0.4, 0.5) is 0 Å². The van der Waals surface area contributed by atoms with Gasteiger partial charge < -0.3 is 14.8 Å². The number of aryl methyl sites for hydroxylation is 1. The third-order valence-electron chi connectivity index (χ3n) is 3.40. The molecule has 0 bridgehead atoms. The van der Waals surface area contributed by atoms with Gasteiger partial charge in [-0.3, -0.25) is 4.79 Å². The first-order valence-electron chi connectivity index (χ1n) is 6.28. The minimum atomic E-state index is -0.208. The molecule has 1 aromatic rings. The average Bonchev–Trinajstić information content (AvgIpc) is 2.66. The van der Waals surface area contributed by atoms with Gasteiger partial charge in [-0.2, -0.15) is 0 Å². The zero-order chi connectivity index (χ0) is 13.1. The second-order valence-corrected chi connectivity index (χ2v) is 5.74. The summed E-state index contributed by atoms with van der Waals surface area (Å²) in [4.78, 5) is 11.9. The molecule has 1 aliphatic rings. The van der Waals surface area contributed by atoms with Crippen molar-refractivity contribution in [2.24, 2.45) is 5.92 Å². The van der Waals surface area contributed by atoms with E-state index in [0.717, 1.165) is 31.2 Å². The molecule has 1 aromatic heterocycles. The standard InChI is InChI=1S/C13H18BrNO3/c1-8-5-11(14)18-12(8)13(17)15-7-9-3-2-4-10(16)6-9/h5,9-10,16H,2-4,6-7H2,1H3,(H,15,17). The van der Waals surface area contributed by atoms with Crippen molar-refractivity contribution in [1.29, 1.82) is 0 Å². The number of carbonyl (C=O) groups is 1. The summed E-state index contributed by atoms with van der Waals surface area (Å²) in [6.07, 6.45) is 3.56. The Hall–Kier alpha value is -0.810. The smallest absolute Gasteiger partial charge is 0.287 e. The van der Waals surface area contributed by atoms with Crippen LogP contribution in [0.1, 0.15) is 41.8 Å². The number of nitrogens with one attached hydrogen (secondary N) is 1. The number of aliphatic hydroxyl groups is 1. The SMILES string of the molecule is Cc1cc(Br)oc1C(=O)NCC1CCCC(O)C1. The second kappa shape index (κ2) is 5.89. The third kappa shape index (κ3) is 3.36. The van der Waals surface area contributed by atoms with Crippen LogP contribution < -0.4 is 5.32 Å². The molecule has 0 spiro atoms. The molecular formula is C13H18BrNO3. The highest BCUT2D eigenvalue weighted by Gasteiger charge is 2.22. The summed E-state index contributed by atoms with van der Waals surface area (Å²) < 4.78 is 5.86. The van der Waals surface area contributed by atoms with Crippen LogP contribution in [0.3, 0.4) is 0 Å². The fraction of sp³-hybridized carbons (Fsp3) is 0.615.